The molecule has 0 saturated carbocycles. The van der Waals surface area contributed by atoms with Crippen molar-refractivity contribution in [3.05, 3.63) is 131 Å². The van der Waals surface area contributed by atoms with Crippen molar-refractivity contribution in [2.24, 2.45) is 0 Å². The van der Waals surface area contributed by atoms with Gasteiger partial charge in [0, 0.05) is 16.1 Å². The topological polar surface area (TPSA) is 114 Å². The van der Waals surface area contributed by atoms with E-state index in [-0.39, 0.29) is 17.2 Å². The fourth-order valence-electron chi connectivity index (χ4n) is 4.27. The lowest BCUT2D eigenvalue weighted by molar-refractivity contribution is -0.116. The highest BCUT2D eigenvalue weighted by atomic mass is 32.2. The Hall–Kier alpha value is -5.15. The van der Waals surface area contributed by atoms with E-state index in [1.807, 2.05) is 50.2 Å². The first-order valence-corrected chi connectivity index (χ1v) is 14.9. The van der Waals surface area contributed by atoms with E-state index in [1.165, 1.54) is 18.9 Å². The Morgan fingerprint density at radius 2 is 1.55 bits per heavy atom. The smallest absolute Gasteiger partial charge is 0.339 e. The van der Waals surface area contributed by atoms with Crippen molar-refractivity contribution in [2.75, 3.05) is 17.7 Å². The van der Waals surface area contributed by atoms with Gasteiger partial charge < -0.3 is 20.7 Å². The number of carbonyl (C=O) groups excluding carboxylic acids is 4. The molecule has 0 aliphatic rings. The zero-order chi connectivity index (χ0) is 31.5. The maximum absolute atomic E-state index is 13.5. The van der Waals surface area contributed by atoms with Crippen LogP contribution < -0.4 is 16.0 Å². The summed E-state index contributed by atoms with van der Waals surface area (Å²) in [5.41, 5.74) is 3.38. The summed E-state index contributed by atoms with van der Waals surface area (Å²) in [7, 11) is 1.29. The number of anilines is 2. The predicted molar refractivity (Wildman–Crippen MR) is 174 cm³/mol. The van der Waals surface area contributed by atoms with Gasteiger partial charge in [0.1, 0.15) is 5.70 Å². The van der Waals surface area contributed by atoms with Gasteiger partial charge in [0.2, 0.25) is 5.91 Å². The van der Waals surface area contributed by atoms with Gasteiger partial charge in [0.15, 0.2) is 0 Å². The Labute approximate surface area is 260 Å². The zero-order valence-corrected chi connectivity index (χ0v) is 25.4. The van der Waals surface area contributed by atoms with Crippen LogP contribution >= 0.6 is 11.8 Å². The number of methoxy groups -OCH3 is 1. The Morgan fingerprint density at radius 1 is 0.841 bits per heavy atom. The highest BCUT2D eigenvalue weighted by Gasteiger charge is 2.21. The number of hydrogen-bond donors (Lipinski definition) is 3. The van der Waals surface area contributed by atoms with Crippen LogP contribution in [0.1, 0.15) is 45.2 Å². The van der Waals surface area contributed by atoms with Gasteiger partial charge in [-0.15, -0.1) is 11.8 Å². The molecule has 0 fully saturated rings. The number of rotatable bonds is 11. The quantitative estimate of drug-likeness (QED) is 0.0994. The van der Waals surface area contributed by atoms with E-state index in [0.717, 1.165) is 16.0 Å². The van der Waals surface area contributed by atoms with Gasteiger partial charge in [-0.25, -0.2) is 4.79 Å². The number of para-hydroxylation sites is 1. The average molecular weight is 608 g/mol. The maximum Gasteiger partial charge on any atom is 0.339 e. The number of nitrogens with one attached hydrogen (secondary N) is 3. The molecule has 4 rings (SSSR count). The van der Waals surface area contributed by atoms with Crippen molar-refractivity contribution in [1.82, 2.24) is 5.32 Å². The van der Waals surface area contributed by atoms with Crippen LogP contribution in [0.3, 0.4) is 0 Å². The number of aryl methyl sites for hydroxylation is 1. The second kappa shape index (κ2) is 15.4. The van der Waals surface area contributed by atoms with Crippen LogP contribution in [0, 0.1) is 6.92 Å². The first-order chi connectivity index (χ1) is 21.3. The molecule has 1 atom stereocenters. The molecule has 4 aromatic carbocycles. The fraction of sp³-hybridized carbons (Fsp3) is 0.143. The van der Waals surface area contributed by atoms with Crippen LogP contribution in [0.2, 0.25) is 0 Å². The molecule has 4 aromatic rings. The standard InChI is InChI=1S/C35H33N3O5S/c1-4-31(34(41)37-29-20-11-10-19-28(29)35(42)43-3)44-27-18-12-17-26(22-27)36-33(40)30(21-25-16-9-8-13-23(25)2)38-32(39)24-14-6-5-7-15-24/h5-22,31H,4H2,1-3H3,(H,36,40)(H,37,41)(H,38,39)/b30-21+. The molecule has 9 heteroatoms. The Balaban J connectivity index is 1.51. The summed E-state index contributed by atoms with van der Waals surface area (Å²) < 4.78 is 4.83. The number of hydrogen-bond acceptors (Lipinski definition) is 6. The van der Waals surface area contributed by atoms with E-state index in [9.17, 15) is 19.2 Å². The van der Waals surface area contributed by atoms with Crippen molar-refractivity contribution in [3.63, 3.8) is 0 Å². The minimum Gasteiger partial charge on any atom is -0.465 e. The summed E-state index contributed by atoms with van der Waals surface area (Å²) in [5.74, 6) is -1.71. The summed E-state index contributed by atoms with van der Waals surface area (Å²) in [6, 6.07) is 30.0. The monoisotopic (exact) mass is 607 g/mol. The van der Waals surface area contributed by atoms with Crippen molar-refractivity contribution in [2.45, 2.75) is 30.4 Å². The summed E-state index contributed by atoms with van der Waals surface area (Å²) in [6.07, 6.45) is 2.16. The third-order valence-corrected chi connectivity index (χ3v) is 8.00. The van der Waals surface area contributed by atoms with Gasteiger partial charge in [-0.2, -0.15) is 0 Å². The lowest BCUT2D eigenvalue weighted by atomic mass is 10.1. The number of carbonyl (C=O) groups is 4. The fourth-order valence-corrected chi connectivity index (χ4v) is 5.29. The Morgan fingerprint density at radius 3 is 2.27 bits per heavy atom. The predicted octanol–water partition coefficient (Wildman–Crippen LogP) is 6.70. The van der Waals surface area contributed by atoms with Gasteiger partial charge in [0.05, 0.1) is 23.6 Å². The second-order valence-corrected chi connectivity index (χ2v) is 11.0. The number of benzene rings is 4. The van der Waals surface area contributed by atoms with Crippen molar-refractivity contribution >= 4 is 52.9 Å². The molecular weight excluding hydrogens is 574 g/mol. The molecule has 0 aliphatic carbocycles. The van der Waals surface area contributed by atoms with Crippen LogP contribution in [0.5, 0.6) is 0 Å². The minimum atomic E-state index is -0.541. The van der Waals surface area contributed by atoms with Crippen LogP contribution in [-0.4, -0.2) is 36.1 Å². The number of esters is 1. The molecule has 0 aliphatic heterocycles. The first kappa shape index (κ1) is 31.8. The van der Waals surface area contributed by atoms with E-state index in [4.69, 9.17) is 4.74 Å². The number of thioether (sulfide) groups is 1. The normalized spacial score (nSPS) is 11.7. The van der Waals surface area contributed by atoms with Gasteiger partial charge >= 0.3 is 5.97 Å². The molecule has 0 saturated heterocycles. The summed E-state index contributed by atoms with van der Waals surface area (Å²) in [4.78, 5) is 52.5. The minimum absolute atomic E-state index is 0.0845. The zero-order valence-electron chi connectivity index (χ0n) is 24.6. The maximum atomic E-state index is 13.5. The Bertz CT molecular complexity index is 1690. The SMILES string of the molecule is CCC(Sc1cccc(NC(=O)/C(=C\c2ccccc2C)NC(=O)c2ccccc2)c1)C(=O)Nc1ccccc1C(=O)OC. The van der Waals surface area contributed by atoms with E-state index in [2.05, 4.69) is 16.0 Å². The van der Waals surface area contributed by atoms with Crippen molar-refractivity contribution < 1.29 is 23.9 Å². The third-order valence-electron chi connectivity index (χ3n) is 6.64. The van der Waals surface area contributed by atoms with Gasteiger partial charge in [-0.1, -0.05) is 67.6 Å². The summed E-state index contributed by atoms with van der Waals surface area (Å²) in [5, 5.41) is 8.00. The summed E-state index contributed by atoms with van der Waals surface area (Å²) >= 11 is 1.33. The van der Waals surface area contributed by atoms with Crippen LogP contribution in [0.25, 0.3) is 6.08 Å². The lowest BCUT2D eigenvalue weighted by Gasteiger charge is -2.17. The van der Waals surface area contributed by atoms with Crippen LogP contribution in [0.15, 0.2) is 114 Å². The third kappa shape index (κ3) is 8.45. The van der Waals surface area contributed by atoms with Gasteiger partial charge in [-0.05, 0) is 73.0 Å². The van der Waals surface area contributed by atoms with Crippen molar-refractivity contribution in [3.8, 4) is 0 Å². The van der Waals surface area contributed by atoms with E-state index in [0.29, 0.717) is 23.4 Å². The van der Waals surface area contributed by atoms with Crippen LogP contribution in [0.4, 0.5) is 11.4 Å². The highest BCUT2D eigenvalue weighted by Crippen LogP contribution is 2.29. The van der Waals surface area contributed by atoms with E-state index >= 15 is 0 Å². The molecule has 0 radical (unpaired) electrons. The lowest BCUT2D eigenvalue weighted by Crippen LogP contribution is -2.30. The average Bonchev–Trinajstić information content (AvgIpc) is 3.04. The van der Waals surface area contributed by atoms with Gasteiger partial charge in [-0.3, -0.25) is 14.4 Å². The largest absolute Gasteiger partial charge is 0.465 e. The molecule has 3 amide bonds. The van der Waals surface area contributed by atoms with Gasteiger partial charge in [0.25, 0.3) is 11.8 Å². The molecule has 224 valence electrons. The molecular formula is C35H33N3O5S. The molecule has 0 aromatic heterocycles. The van der Waals surface area contributed by atoms with Crippen LogP contribution in [-0.2, 0) is 14.3 Å². The van der Waals surface area contributed by atoms with E-state index in [1.54, 1.807) is 72.8 Å². The highest BCUT2D eigenvalue weighted by molar-refractivity contribution is 8.00. The molecule has 8 nitrogen and oxygen atoms in total. The first-order valence-electron chi connectivity index (χ1n) is 14.0. The Kier molecular flexibility index (Phi) is 11.1. The van der Waals surface area contributed by atoms with E-state index < -0.39 is 23.0 Å². The molecule has 0 heterocycles. The second-order valence-electron chi connectivity index (χ2n) is 9.76. The molecule has 0 bridgehead atoms. The van der Waals surface area contributed by atoms with Crippen molar-refractivity contribution in [1.29, 1.82) is 0 Å². The molecule has 0 spiro atoms. The molecule has 44 heavy (non-hydrogen) atoms. The molecule has 1 unspecified atom stereocenters. The number of amides is 3. The molecule has 3 N–H and O–H groups in total. The number of ether oxygens (including phenoxy) is 1. The summed E-state index contributed by atoms with van der Waals surface area (Å²) in [6.45, 7) is 3.82.